The van der Waals surface area contributed by atoms with Crippen LogP contribution in [0.15, 0.2) is 36.7 Å². The molecule has 25 heavy (non-hydrogen) atoms. The number of anilines is 1. The Balaban J connectivity index is 1.66. The molecule has 1 aromatic carbocycles. The van der Waals surface area contributed by atoms with Gasteiger partial charge in [0.25, 0.3) is 0 Å². The van der Waals surface area contributed by atoms with Gasteiger partial charge in [-0.2, -0.15) is 15.0 Å². The van der Waals surface area contributed by atoms with Gasteiger partial charge in [-0.15, -0.1) is 0 Å². The van der Waals surface area contributed by atoms with Crippen LogP contribution in [-0.4, -0.2) is 53.6 Å². The second kappa shape index (κ2) is 7.81. The largest absolute Gasteiger partial charge is 0.378 e. The Bertz CT molecular complexity index is 757. The highest BCUT2D eigenvalue weighted by atomic mass is 16.5. The summed E-state index contributed by atoms with van der Waals surface area (Å²) >= 11 is 0. The Labute approximate surface area is 147 Å². The molecule has 130 valence electrons. The van der Waals surface area contributed by atoms with Gasteiger partial charge in [0.15, 0.2) is 0 Å². The minimum absolute atomic E-state index is 0.235. The Hall–Kier alpha value is -2.85. The predicted molar refractivity (Wildman–Crippen MR) is 93.3 cm³/mol. The minimum Gasteiger partial charge on any atom is -0.378 e. The third kappa shape index (κ3) is 3.98. The maximum absolute atomic E-state index is 12.5. The summed E-state index contributed by atoms with van der Waals surface area (Å²) in [6, 6.07) is 10.0. The van der Waals surface area contributed by atoms with Gasteiger partial charge in [-0.25, -0.2) is 4.79 Å². The summed E-state index contributed by atoms with van der Waals surface area (Å²) in [6.45, 7) is 6.31. The lowest BCUT2D eigenvalue weighted by molar-refractivity contribution is 0.122. The lowest BCUT2D eigenvalue weighted by Crippen LogP contribution is -2.36. The van der Waals surface area contributed by atoms with Crippen molar-refractivity contribution in [2.75, 3.05) is 37.7 Å². The molecule has 2 heterocycles. The topological polar surface area (TPSA) is 74.4 Å². The minimum atomic E-state index is -0.235. The number of benzene rings is 1. The van der Waals surface area contributed by atoms with E-state index in [-0.39, 0.29) is 6.03 Å². The van der Waals surface area contributed by atoms with E-state index in [1.807, 2.05) is 25.1 Å². The fraction of sp³-hybridized carbons (Fsp3) is 0.389. The van der Waals surface area contributed by atoms with E-state index in [2.05, 4.69) is 22.1 Å². The van der Waals surface area contributed by atoms with E-state index in [0.717, 1.165) is 31.9 Å². The zero-order valence-electron chi connectivity index (χ0n) is 14.3. The molecule has 1 saturated heterocycles. The molecule has 7 heteroatoms. The Morgan fingerprint density at radius 3 is 2.64 bits per heavy atom. The molecule has 1 aliphatic heterocycles. The van der Waals surface area contributed by atoms with Crippen molar-refractivity contribution in [2.45, 2.75) is 13.5 Å². The van der Waals surface area contributed by atoms with E-state index >= 15 is 0 Å². The lowest BCUT2D eigenvalue weighted by Gasteiger charge is -2.29. The molecule has 1 aromatic heterocycles. The van der Waals surface area contributed by atoms with Crippen LogP contribution >= 0.6 is 0 Å². The average Bonchev–Trinajstić information content (AvgIpc) is 3.16. The van der Waals surface area contributed by atoms with Crippen LogP contribution in [0.1, 0.15) is 18.1 Å². The molecule has 0 N–H and O–H groups in total. The normalized spacial score (nSPS) is 14.2. The summed E-state index contributed by atoms with van der Waals surface area (Å²) in [4.78, 5) is 16.5. The van der Waals surface area contributed by atoms with Crippen LogP contribution in [0.2, 0.25) is 0 Å². The van der Waals surface area contributed by atoms with E-state index in [1.54, 1.807) is 4.90 Å². The molecule has 0 bridgehead atoms. The van der Waals surface area contributed by atoms with Crippen molar-refractivity contribution in [3.63, 3.8) is 0 Å². The fourth-order valence-electron chi connectivity index (χ4n) is 2.80. The molecule has 3 rings (SSSR count). The molecular weight excluding hydrogens is 318 g/mol. The van der Waals surface area contributed by atoms with Gasteiger partial charge in [0.05, 0.1) is 31.2 Å². The molecule has 0 spiro atoms. The number of rotatable bonds is 4. The third-order valence-electron chi connectivity index (χ3n) is 4.25. The summed E-state index contributed by atoms with van der Waals surface area (Å²) < 4.78 is 6.59. The number of amides is 1. The predicted octanol–water partition coefficient (Wildman–Crippen LogP) is 2.08. The van der Waals surface area contributed by atoms with Crippen molar-refractivity contribution in [1.29, 1.82) is 5.26 Å². The molecule has 0 unspecified atom stereocenters. The van der Waals surface area contributed by atoms with Gasteiger partial charge >= 0.3 is 6.03 Å². The molecular formula is C18H21N5O2. The highest BCUT2D eigenvalue weighted by molar-refractivity contribution is 5.76. The number of morpholine rings is 1. The fourth-order valence-corrected chi connectivity index (χ4v) is 2.80. The molecule has 0 saturated carbocycles. The molecule has 2 aromatic rings. The van der Waals surface area contributed by atoms with Crippen LogP contribution in [0.3, 0.4) is 0 Å². The molecule has 0 aliphatic carbocycles. The van der Waals surface area contributed by atoms with Crippen LogP contribution < -0.4 is 4.90 Å². The molecule has 0 atom stereocenters. The smallest absolute Gasteiger partial charge is 0.344 e. The molecule has 1 fully saturated rings. The van der Waals surface area contributed by atoms with E-state index < -0.39 is 0 Å². The van der Waals surface area contributed by atoms with Crippen LogP contribution in [0.5, 0.6) is 0 Å². The van der Waals surface area contributed by atoms with E-state index in [4.69, 9.17) is 10.00 Å². The quantitative estimate of drug-likeness (QED) is 0.852. The van der Waals surface area contributed by atoms with Gasteiger partial charge in [-0.1, -0.05) is 12.1 Å². The molecule has 7 nitrogen and oxygen atoms in total. The Kier molecular flexibility index (Phi) is 5.31. The maximum Gasteiger partial charge on any atom is 0.344 e. The second-order valence-corrected chi connectivity index (χ2v) is 5.85. The van der Waals surface area contributed by atoms with Crippen LogP contribution in [0, 0.1) is 11.3 Å². The van der Waals surface area contributed by atoms with Gasteiger partial charge in [0.2, 0.25) is 0 Å². The van der Waals surface area contributed by atoms with Crippen LogP contribution in [0.4, 0.5) is 10.5 Å². The number of carbonyl (C=O) groups excluding carboxylic acids is 1. The summed E-state index contributed by atoms with van der Waals surface area (Å²) in [6.07, 6.45) is 2.84. The first-order valence-corrected chi connectivity index (χ1v) is 8.37. The summed E-state index contributed by atoms with van der Waals surface area (Å²) in [5.74, 6) is 0. The Morgan fingerprint density at radius 1 is 1.32 bits per heavy atom. The summed E-state index contributed by atoms with van der Waals surface area (Å²) in [5, 5.41) is 12.8. The zero-order chi connectivity index (χ0) is 17.6. The molecule has 1 amide bonds. The van der Waals surface area contributed by atoms with Crippen LogP contribution in [-0.2, 0) is 11.3 Å². The number of nitrogens with zero attached hydrogens (tertiary/aromatic N) is 5. The van der Waals surface area contributed by atoms with Gasteiger partial charge in [-0.05, 0) is 24.6 Å². The number of ether oxygens (including phenoxy) is 1. The number of nitriles is 1. The Morgan fingerprint density at radius 2 is 2.04 bits per heavy atom. The molecule has 0 radical (unpaired) electrons. The maximum atomic E-state index is 12.5. The number of hydrogen-bond donors (Lipinski definition) is 0. The van der Waals surface area contributed by atoms with E-state index in [0.29, 0.717) is 18.7 Å². The van der Waals surface area contributed by atoms with Gasteiger partial charge in [0, 0.05) is 31.9 Å². The second-order valence-electron chi connectivity index (χ2n) is 5.85. The average molecular weight is 339 g/mol. The van der Waals surface area contributed by atoms with Gasteiger partial charge < -0.3 is 14.5 Å². The standard InChI is InChI=1S/C18H21N5O2/c1-2-21(18(24)23-14-16(11-19)12-20-23)13-15-3-5-17(6-4-15)22-7-9-25-10-8-22/h3-6,12,14H,2,7-10,13H2,1H3. The first kappa shape index (κ1) is 17.0. The van der Waals surface area contributed by atoms with Crippen LogP contribution in [0.25, 0.3) is 0 Å². The monoisotopic (exact) mass is 339 g/mol. The number of aromatic nitrogens is 2. The highest BCUT2D eigenvalue weighted by Crippen LogP contribution is 2.17. The van der Waals surface area contributed by atoms with E-state index in [9.17, 15) is 4.79 Å². The van der Waals surface area contributed by atoms with Crippen molar-refractivity contribution in [3.8, 4) is 6.07 Å². The van der Waals surface area contributed by atoms with Crippen molar-refractivity contribution in [3.05, 3.63) is 47.8 Å². The molecule has 1 aliphatic rings. The summed E-state index contributed by atoms with van der Waals surface area (Å²) in [7, 11) is 0. The first-order chi connectivity index (χ1) is 12.2. The van der Waals surface area contributed by atoms with E-state index in [1.165, 1.54) is 22.8 Å². The lowest BCUT2D eigenvalue weighted by atomic mass is 10.1. The van der Waals surface area contributed by atoms with Crippen molar-refractivity contribution in [2.24, 2.45) is 0 Å². The number of hydrogen-bond acceptors (Lipinski definition) is 5. The van der Waals surface area contributed by atoms with Gasteiger partial charge in [0.1, 0.15) is 6.07 Å². The zero-order valence-corrected chi connectivity index (χ0v) is 14.3. The summed E-state index contributed by atoms with van der Waals surface area (Å²) in [5.41, 5.74) is 2.60. The third-order valence-corrected chi connectivity index (χ3v) is 4.25. The highest BCUT2D eigenvalue weighted by Gasteiger charge is 2.16. The van der Waals surface area contributed by atoms with Crippen molar-refractivity contribution < 1.29 is 9.53 Å². The van der Waals surface area contributed by atoms with Crippen molar-refractivity contribution >= 4 is 11.7 Å². The SMILES string of the molecule is CCN(Cc1ccc(N2CCOCC2)cc1)C(=O)n1cc(C#N)cn1. The number of carbonyl (C=O) groups is 1. The first-order valence-electron chi connectivity index (χ1n) is 8.37. The van der Waals surface area contributed by atoms with Crippen molar-refractivity contribution in [1.82, 2.24) is 14.7 Å². The van der Waals surface area contributed by atoms with Gasteiger partial charge in [-0.3, -0.25) is 0 Å².